The zero-order chi connectivity index (χ0) is 18.7. The maximum atomic E-state index is 12.7. The van der Waals surface area contributed by atoms with E-state index in [9.17, 15) is 14.4 Å². The Labute approximate surface area is 142 Å². The van der Waals surface area contributed by atoms with E-state index in [0.717, 1.165) is 0 Å². The minimum atomic E-state index is -1.91. The molecule has 1 aliphatic heterocycles. The Hall–Kier alpha value is -1.89. The normalized spacial score (nSPS) is 20.6. The van der Waals surface area contributed by atoms with Gasteiger partial charge in [-0.3, -0.25) is 19.3 Å². The molecule has 0 aliphatic carbocycles. The maximum absolute atomic E-state index is 12.7. The Morgan fingerprint density at radius 1 is 1.17 bits per heavy atom. The van der Waals surface area contributed by atoms with Crippen molar-refractivity contribution in [1.82, 2.24) is 4.90 Å². The summed E-state index contributed by atoms with van der Waals surface area (Å²) in [5.41, 5.74) is -2.42. The van der Waals surface area contributed by atoms with Crippen molar-refractivity contribution in [2.45, 2.75) is 46.3 Å². The number of likely N-dealkylation sites (N-methyl/N-ethyl adjacent to an activating group) is 1. The van der Waals surface area contributed by atoms with E-state index in [4.69, 9.17) is 14.2 Å². The van der Waals surface area contributed by atoms with Crippen LogP contribution in [0.25, 0.3) is 0 Å². The van der Waals surface area contributed by atoms with Crippen molar-refractivity contribution in [2.24, 2.45) is 5.41 Å². The summed E-state index contributed by atoms with van der Waals surface area (Å²) >= 11 is 0. The summed E-state index contributed by atoms with van der Waals surface area (Å²) in [6.07, 6.45) is 0. The summed E-state index contributed by atoms with van der Waals surface area (Å²) in [5, 5.41) is 0. The number of hydrogen-bond acceptors (Lipinski definition) is 7. The lowest BCUT2D eigenvalue weighted by molar-refractivity contribution is -0.181. The lowest BCUT2D eigenvalue weighted by Crippen LogP contribution is -2.56. The fraction of sp³-hybridized carbons (Fsp3) is 0.706. The summed E-state index contributed by atoms with van der Waals surface area (Å²) in [7, 11) is 1.62. The number of likely N-dealkylation sites (tertiary alicyclic amines) is 1. The summed E-state index contributed by atoms with van der Waals surface area (Å²) in [4.78, 5) is 39.7. The van der Waals surface area contributed by atoms with E-state index in [1.165, 1.54) is 0 Å². The van der Waals surface area contributed by atoms with E-state index >= 15 is 0 Å². The van der Waals surface area contributed by atoms with Crippen molar-refractivity contribution < 1.29 is 28.6 Å². The number of esters is 3. The smallest absolute Gasteiger partial charge is 0.330 e. The highest BCUT2D eigenvalue weighted by Gasteiger charge is 2.65. The third-order valence-electron chi connectivity index (χ3n) is 3.67. The molecule has 1 unspecified atom stereocenters. The van der Waals surface area contributed by atoms with Gasteiger partial charge in [0.2, 0.25) is 5.41 Å². The van der Waals surface area contributed by atoms with Crippen LogP contribution in [0, 0.1) is 5.41 Å². The molecule has 136 valence electrons. The quantitative estimate of drug-likeness (QED) is 0.323. The highest BCUT2D eigenvalue weighted by atomic mass is 16.6. The topological polar surface area (TPSA) is 82.1 Å². The summed E-state index contributed by atoms with van der Waals surface area (Å²) in [6, 6.07) is -1.18. The second-order valence-corrected chi connectivity index (χ2v) is 6.70. The predicted octanol–water partition coefficient (Wildman–Crippen LogP) is 1.31. The SMILES string of the molecule is C=C1CN(C)C(C(=O)OC(C)(C)C)C1(C(=O)OCC)C(=O)OCC. The fourth-order valence-electron chi connectivity index (χ4n) is 2.84. The number of hydrogen-bond donors (Lipinski definition) is 0. The van der Waals surface area contributed by atoms with Crippen LogP contribution in [-0.2, 0) is 28.6 Å². The van der Waals surface area contributed by atoms with Crippen LogP contribution in [0.15, 0.2) is 12.2 Å². The maximum Gasteiger partial charge on any atom is 0.330 e. The van der Waals surface area contributed by atoms with Gasteiger partial charge in [-0.2, -0.15) is 0 Å². The van der Waals surface area contributed by atoms with Crippen molar-refractivity contribution in [3.63, 3.8) is 0 Å². The van der Waals surface area contributed by atoms with Gasteiger partial charge in [0.1, 0.15) is 11.6 Å². The molecule has 0 saturated carbocycles. The van der Waals surface area contributed by atoms with Crippen LogP contribution in [0.1, 0.15) is 34.6 Å². The molecule has 0 radical (unpaired) electrons. The lowest BCUT2D eigenvalue weighted by Gasteiger charge is -2.33. The van der Waals surface area contributed by atoms with Crippen LogP contribution in [0.5, 0.6) is 0 Å². The molecule has 0 aromatic carbocycles. The molecule has 1 atom stereocenters. The molecule has 0 aromatic heterocycles. The Bertz CT molecular complexity index is 516. The van der Waals surface area contributed by atoms with Crippen molar-refractivity contribution in [3.05, 3.63) is 12.2 Å². The van der Waals surface area contributed by atoms with Gasteiger partial charge in [0.05, 0.1) is 13.2 Å². The van der Waals surface area contributed by atoms with Gasteiger partial charge in [-0.15, -0.1) is 0 Å². The van der Waals surface area contributed by atoms with Crippen LogP contribution < -0.4 is 0 Å². The van der Waals surface area contributed by atoms with E-state index in [1.807, 2.05) is 0 Å². The fourth-order valence-corrected chi connectivity index (χ4v) is 2.84. The van der Waals surface area contributed by atoms with E-state index in [1.54, 1.807) is 46.6 Å². The lowest BCUT2D eigenvalue weighted by atomic mass is 9.77. The zero-order valence-corrected chi connectivity index (χ0v) is 15.3. The molecule has 7 heteroatoms. The molecule has 0 aromatic rings. The van der Waals surface area contributed by atoms with Gasteiger partial charge < -0.3 is 14.2 Å². The molecule has 1 saturated heterocycles. The van der Waals surface area contributed by atoms with Gasteiger partial charge >= 0.3 is 17.9 Å². The summed E-state index contributed by atoms with van der Waals surface area (Å²) in [5.74, 6) is -2.37. The third-order valence-corrected chi connectivity index (χ3v) is 3.67. The largest absolute Gasteiger partial charge is 0.465 e. The molecule has 1 fully saturated rings. The first-order valence-electron chi connectivity index (χ1n) is 7.98. The molecule has 0 bridgehead atoms. The molecule has 0 spiro atoms. The average Bonchev–Trinajstić information content (AvgIpc) is 2.69. The molecular formula is C17H27NO6. The van der Waals surface area contributed by atoms with Gasteiger partial charge in [-0.1, -0.05) is 6.58 Å². The summed E-state index contributed by atoms with van der Waals surface area (Å²) < 4.78 is 15.6. The van der Waals surface area contributed by atoms with Gasteiger partial charge in [-0.05, 0) is 47.2 Å². The van der Waals surface area contributed by atoms with E-state index < -0.39 is 35.0 Å². The molecule has 7 nitrogen and oxygen atoms in total. The Kier molecular flexibility index (Phi) is 6.16. The monoisotopic (exact) mass is 341 g/mol. The molecule has 0 N–H and O–H groups in total. The van der Waals surface area contributed by atoms with Crippen LogP contribution in [0.3, 0.4) is 0 Å². The van der Waals surface area contributed by atoms with E-state index in [2.05, 4.69) is 6.58 Å². The number of nitrogens with zero attached hydrogens (tertiary/aromatic N) is 1. The van der Waals surface area contributed by atoms with Crippen molar-refractivity contribution in [1.29, 1.82) is 0 Å². The van der Waals surface area contributed by atoms with Crippen LogP contribution in [0.4, 0.5) is 0 Å². The molecule has 24 heavy (non-hydrogen) atoms. The summed E-state index contributed by atoms with van der Waals surface area (Å²) in [6.45, 7) is 12.6. The minimum Gasteiger partial charge on any atom is -0.465 e. The van der Waals surface area contributed by atoms with Gasteiger partial charge in [0.15, 0.2) is 0 Å². The molecule has 1 heterocycles. The first-order chi connectivity index (χ1) is 11.0. The Balaban J connectivity index is 3.43. The number of rotatable bonds is 5. The molecule has 1 rings (SSSR count). The average molecular weight is 341 g/mol. The van der Waals surface area contributed by atoms with Gasteiger partial charge in [-0.25, -0.2) is 0 Å². The van der Waals surface area contributed by atoms with Gasteiger partial charge in [0.25, 0.3) is 0 Å². The number of carbonyl (C=O) groups is 3. The number of carbonyl (C=O) groups excluding carboxylic acids is 3. The highest BCUT2D eigenvalue weighted by molar-refractivity contribution is 6.09. The van der Waals surface area contributed by atoms with Gasteiger partial charge in [0, 0.05) is 6.54 Å². The molecule has 0 amide bonds. The molecular weight excluding hydrogens is 314 g/mol. The van der Waals surface area contributed by atoms with Crippen molar-refractivity contribution in [2.75, 3.05) is 26.8 Å². The second-order valence-electron chi connectivity index (χ2n) is 6.70. The first kappa shape index (κ1) is 20.2. The molecule has 1 aliphatic rings. The zero-order valence-electron chi connectivity index (χ0n) is 15.3. The van der Waals surface area contributed by atoms with Crippen molar-refractivity contribution >= 4 is 17.9 Å². The van der Waals surface area contributed by atoms with E-state index in [0.29, 0.717) is 0 Å². The highest BCUT2D eigenvalue weighted by Crippen LogP contribution is 2.43. The van der Waals surface area contributed by atoms with Crippen molar-refractivity contribution in [3.8, 4) is 0 Å². The third kappa shape index (κ3) is 3.61. The Morgan fingerprint density at radius 2 is 1.62 bits per heavy atom. The van der Waals surface area contributed by atoms with Crippen LogP contribution in [-0.4, -0.2) is 61.3 Å². The Morgan fingerprint density at radius 3 is 2.00 bits per heavy atom. The standard InChI is InChI=1S/C17H27NO6/c1-8-22-14(20)17(15(21)23-9-2)11(3)10-18(7)12(17)13(19)24-16(4,5)6/h12H,3,8-10H2,1-2,4-7H3. The first-order valence-corrected chi connectivity index (χ1v) is 7.98. The van der Waals surface area contributed by atoms with E-state index in [-0.39, 0.29) is 25.3 Å². The van der Waals surface area contributed by atoms with Crippen LogP contribution in [0.2, 0.25) is 0 Å². The minimum absolute atomic E-state index is 0.0675. The predicted molar refractivity (Wildman–Crippen MR) is 87.1 cm³/mol. The second kappa shape index (κ2) is 7.34. The van der Waals surface area contributed by atoms with Crippen LogP contribution >= 0.6 is 0 Å². The number of ether oxygens (including phenoxy) is 3.